The summed E-state index contributed by atoms with van der Waals surface area (Å²) >= 11 is 0. The molecular weight excluding hydrogens is 396 g/mol. The highest BCUT2D eigenvalue weighted by atomic mass is 16.5. The van der Waals surface area contributed by atoms with Gasteiger partial charge in [0.25, 0.3) is 0 Å². The molecule has 4 atom stereocenters. The Hall–Kier alpha value is -0.570. The van der Waals surface area contributed by atoms with Gasteiger partial charge in [-0.1, -0.05) is 136 Å². The van der Waals surface area contributed by atoms with E-state index in [1.807, 2.05) is 0 Å². The van der Waals surface area contributed by atoms with E-state index in [9.17, 15) is 9.90 Å². The van der Waals surface area contributed by atoms with E-state index in [2.05, 4.69) is 20.8 Å². The maximum absolute atomic E-state index is 11.6. The summed E-state index contributed by atoms with van der Waals surface area (Å²) in [4.78, 5) is 11.6. The fraction of sp³-hybridized carbons (Fsp3) is 0.966. The van der Waals surface area contributed by atoms with Crippen molar-refractivity contribution in [2.45, 2.75) is 156 Å². The molecule has 0 saturated carbocycles. The molecule has 0 bridgehead atoms. The maximum Gasteiger partial charge on any atom is 0.311 e. The van der Waals surface area contributed by atoms with Crippen LogP contribution in [0.3, 0.4) is 0 Å². The number of carbonyl (C=O) groups excluding carboxylic acids is 1. The average Bonchev–Trinajstić information content (AvgIpc) is 2.79. The number of methoxy groups -OCH3 is 1. The summed E-state index contributed by atoms with van der Waals surface area (Å²) in [6.45, 7) is 8.37. The Balaban J connectivity index is 3.43. The van der Waals surface area contributed by atoms with E-state index in [1.54, 1.807) is 6.92 Å². The van der Waals surface area contributed by atoms with Crippen LogP contribution in [-0.4, -0.2) is 24.3 Å². The molecule has 0 rings (SSSR count). The molecule has 0 aliphatic rings. The fourth-order valence-corrected chi connectivity index (χ4v) is 4.93. The van der Waals surface area contributed by atoms with Crippen molar-refractivity contribution >= 4 is 5.97 Å². The lowest BCUT2D eigenvalue weighted by Gasteiger charge is -2.25. The molecule has 0 amide bonds. The quantitative estimate of drug-likeness (QED) is 0.124. The highest BCUT2D eigenvalue weighted by molar-refractivity contribution is 5.72. The zero-order valence-electron chi connectivity index (χ0n) is 22.5. The number of carbonyl (C=O) groups is 1. The molecule has 192 valence electrons. The van der Waals surface area contributed by atoms with Crippen molar-refractivity contribution in [3.63, 3.8) is 0 Å². The molecule has 0 unspecified atom stereocenters. The first-order valence-corrected chi connectivity index (χ1v) is 14.2. The van der Waals surface area contributed by atoms with E-state index in [0.29, 0.717) is 5.92 Å². The molecule has 0 fully saturated rings. The van der Waals surface area contributed by atoms with Gasteiger partial charge in [-0.25, -0.2) is 0 Å². The first kappa shape index (κ1) is 31.4. The molecular formula is C29H58O3. The van der Waals surface area contributed by atoms with Gasteiger partial charge in [0, 0.05) is 0 Å². The summed E-state index contributed by atoms with van der Waals surface area (Å²) in [6.07, 6.45) is 25.6. The number of aliphatic hydroxyl groups is 1. The van der Waals surface area contributed by atoms with Crippen LogP contribution in [0.5, 0.6) is 0 Å². The standard InChI is InChI=1S/C29H58O3/c1-6-7-8-9-10-11-12-13-14-15-16-17-18-19-20-21-22-23-25(2)24-26(3)28(30)27(4)29(31)32-5/h25-28,30H,6-24H2,1-5H3/t25-,26-,27-,28-/m1/s1. The van der Waals surface area contributed by atoms with E-state index < -0.39 is 12.0 Å². The van der Waals surface area contributed by atoms with Crippen LogP contribution in [0.4, 0.5) is 0 Å². The van der Waals surface area contributed by atoms with Gasteiger partial charge in [0.05, 0.1) is 19.1 Å². The second kappa shape index (κ2) is 22.2. The molecule has 0 aliphatic heterocycles. The van der Waals surface area contributed by atoms with Gasteiger partial charge in [-0.3, -0.25) is 4.79 Å². The molecule has 0 aromatic heterocycles. The predicted octanol–water partition coefficient (Wildman–Crippen LogP) is 8.86. The number of hydrogen-bond donors (Lipinski definition) is 1. The minimum atomic E-state index is -0.611. The number of rotatable bonds is 23. The zero-order chi connectivity index (χ0) is 24.0. The lowest BCUT2D eigenvalue weighted by Crippen LogP contribution is -2.32. The van der Waals surface area contributed by atoms with Crippen molar-refractivity contribution in [1.29, 1.82) is 0 Å². The molecule has 1 N–H and O–H groups in total. The van der Waals surface area contributed by atoms with Crippen molar-refractivity contribution in [3.05, 3.63) is 0 Å². The summed E-state index contributed by atoms with van der Waals surface area (Å²) in [7, 11) is 1.39. The zero-order valence-corrected chi connectivity index (χ0v) is 22.5. The summed E-state index contributed by atoms with van der Waals surface area (Å²) in [5.74, 6) is -0.0292. The van der Waals surface area contributed by atoms with E-state index in [1.165, 1.54) is 123 Å². The third kappa shape index (κ3) is 17.9. The SMILES string of the molecule is CCCCCCCCCCCCCCCCCCC[C@@H](C)C[C@@H](C)[C@@H](O)[C@@H](C)C(=O)OC. The highest BCUT2D eigenvalue weighted by Crippen LogP contribution is 2.24. The number of aliphatic hydroxyl groups excluding tert-OH is 1. The van der Waals surface area contributed by atoms with Gasteiger partial charge in [-0.15, -0.1) is 0 Å². The molecule has 3 nitrogen and oxygen atoms in total. The van der Waals surface area contributed by atoms with Crippen LogP contribution in [0, 0.1) is 17.8 Å². The number of esters is 1. The topological polar surface area (TPSA) is 46.5 Å². The van der Waals surface area contributed by atoms with Crippen LogP contribution in [0.25, 0.3) is 0 Å². The molecule has 0 spiro atoms. The Labute approximate surface area is 201 Å². The molecule has 0 aromatic rings. The van der Waals surface area contributed by atoms with Gasteiger partial charge in [0.2, 0.25) is 0 Å². The predicted molar refractivity (Wildman–Crippen MR) is 139 cm³/mol. The molecule has 0 saturated heterocycles. The maximum atomic E-state index is 11.6. The van der Waals surface area contributed by atoms with E-state index in [0.717, 1.165) is 6.42 Å². The first-order chi connectivity index (χ1) is 15.4. The third-order valence-electron chi connectivity index (χ3n) is 7.24. The Morgan fingerprint density at radius 2 is 1.06 bits per heavy atom. The molecule has 0 aliphatic carbocycles. The molecule has 0 heterocycles. The van der Waals surface area contributed by atoms with Crippen LogP contribution in [-0.2, 0) is 9.53 Å². The number of unbranched alkanes of at least 4 members (excludes halogenated alkanes) is 16. The van der Waals surface area contributed by atoms with E-state index >= 15 is 0 Å². The lowest BCUT2D eigenvalue weighted by molar-refractivity contribution is -0.150. The van der Waals surface area contributed by atoms with Crippen LogP contribution < -0.4 is 0 Å². The highest BCUT2D eigenvalue weighted by Gasteiger charge is 2.28. The molecule has 0 radical (unpaired) electrons. The van der Waals surface area contributed by atoms with Crippen LogP contribution >= 0.6 is 0 Å². The normalized spacial score (nSPS) is 15.3. The van der Waals surface area contributed by atoms with Crippen molar-refractivity contribution < 1.29 is 14.6 Å². The number of ether oxygens (including phenoxy) is 1. The molecule has 32 heavy (non-hydrogen) atoms. The Kier molecular flexibility index (Phi) is 21.8. The fourth-order valence-electron chi connectivity index (χ4n) is 4.93. The summed E-state index contributed by atoms with van der Waals surface area (Å²) in [6, 6.07) is 0. The third-order valence-corrected chi connectivity index (χ3v) is 7.24. The summed E-state index contributed by atoms with van der Waals surface area (Å²) in [5.41, 5.74) is 0. The summed E-state index contributed by atoms with van der Waals surface area (Å²) in [5, 5.41) is 10.4. The van der Waals surface area contributed by atoms with E-state index in [-0.39, 0.29) is 11.9 Å². The second-order valence-electron chi connectivity index (χ2n) is 10.6. The largest absolute Gasteiger partial charge is 0.469 e. The van der Waals surface area contributed by atoms with Gasteiger partial charge < -0.3 is 9.84 Å². The number of hydrogen-bond acceptors (Lipinski definition) is 3. The van der Waals surface area contributed by atoms with Crippen LogP contribution in [0.15, 0.2) is 0 Å². The van der Waals surface area contributed by atoms with Crippen molar-refractivity contribution in [2.24, 2.45) is 17.8 Å². The van der Waals surface area contributed by atoms with E-state index in [4.69, 9.17) is 4.74 Å². The first-order valence-electron chi connectivity index (χ1n) is 14.2. The van der Waals surface area contributed by atoms with Gasteiger partial charge in [0.1, 0.15) is 0 Å². The van der Waals surface area contributed by atoms with Gasteiger partial charge in [-0.2, -0.15) is 0 Å². The minimum Gasteiger partial charge on any atom is -0.469 e. The van der Waals surface area contributed by atoms with Gasteiger partial charge in [-0.05, 0) is 25.2 Å². The van der Waals surface area contributed by atoms with Crippen LogP contribution in [0.1, 0.15) is 150 Å². The molecule has 3 heteroatoms. The second-order valence-corrected chi connectivity index (χ2v) is 10.6. The molecule has 0 aromatic carbocycles. The van der Waals surface area contributed by atoms with Gasteiger partial charge in [0.15, 0.2) is 0 Å². The minimum absolute atomic E-state index is 0.130. The Bertz CT molecular complexity index is 409. The Morgan fingerprint density at radius 1 is 0.688 bits per heavy atom. The van der Waals surface area contributed by atoms with Crippen LogP contribution in [0.2, 0.25) is 0 Å². The Morgan fingerprint density at radius 3 is 1.44 bits per heavy atom. The average molecular weight is 455 g/mol. The smallest absolute Gasteiger partial charge is 0.311 e. The van der Waals surface area contributed by atoms with Crippen molar-refractivity contribution in [2.75, 3.05) is 7.11 Å². The lowest BCUT2D eigenvalue weighted by atomic mass is 9.85. The van der Waals surface area contributed by atoms with Crippen molar-refractivity contribution in [3.8, 4) is 0 Å². The summed E-state index contributed by atoms with van der Waals surface area (Å²) < 4.78 is 4.76. The monoisotopic (exact) mass is 454 g/mol. The van der Waals surface area contributed by atoms with Crippen molar-refractivity contribution in [1.82, 2.24) is 0 Å². The van der Waals surface area contributed by atoms with Gasteiger partial charge >= 0.3 is 5.97 Å².